The Morgan fingerprint density at radius 2 is 2.00 bits per heavy atom. The molecule has 1 aliphatic heterocycles. The summed E-state index contributed by atoms with van der Waals surface area (Å²) in [7, 11) is 0. The molecule has 0 atom stereocenters. The normalized spacial score (nSPS) is 16.8. The molecular weight excluding hydrogens is 230 g/mol. The molecule has 18 heavy (non-hydrogen) atoms. The quantitative estimate of drug-likeness (QED) is 0.785. The summed E-state index contributed by atoms with van der Waals surface area (Å²) in [6, 6.07) is 4.95. The monoisotopic (exact) mass is 249 g/mol. The number of nitrogens with zero attached hydrogens (tertiary/aromatic N) is 2. The first-order chi connectivity index (χ1) is 8.61. The van der Waals surface area contributed by atoms with Gasteiger partial charge in [0.2, 0.25) is 0 Å². The van der Waals surface area contributed by atoms with E-state index in [0.717, 1.165) is 38.4 Å². The molecule has 98 valence electrons. The molecule has 3 N–H and O–H groups in total. The summed E-state index contributed by atoms with van der Waals surface area (Å²) < 4.78 is 0. The van der Waals surface area contributed by atoms with Crippen molar-refractivity contribution in [1.29, 1.82) is 0 Å². The molecule has 1 aromatic rings. The number of anilines is 2. The Morgan fingerprint density at radius 1 is 1.33 bits per heavy atom. The lowest BCUT2D eigenvalue weighted by molar-refractivity contribution is 0.0697. The van der Waals surface area contributed by atoms with Gasteiger partial charge in [0.25, 0.3) is 0 Å². The van der Waals surface area contributed by atoms with Crippen LogP contribution in [-0.4, -0.2) is 48.7 Å². The number of carbonyl (C=O) groups is 1. The first-order valence-corrected chi connectivity index (χ1v) is 6.22. The van der Waals surface area contributed by atoms with Gasteiger partial charge in [-0.3, -0.25) is 0 Å². The lowest BCUT2D eigenvalue weighted by Crippen LogP contribution is -2.46. The Hall–Kier alpha value is -1.75. The number of hydrogen-bond acceptors (Lipinski definition) is 4. The van der Waals surface area contributed by atoms with Gasteiger partial charge in [-0.15, -0.1) is 0 Å². The van der Waals surface area contributed by atoms with Crippen LogP contribution in [0, 0.1) is 0 Å². The van der Waals surface area contributed by atoms with Crippen LogP contribution >= 0.6 is 0 Å². The summed E-state index contributed by atoms with van der Waals surface area (Å²) >= 11 is 0. The topological polar surface area (TPSA) is 69.8 Å². The smallest absolute Gasteiger partial charge is 0.335 e. The zero-order valence-electron chi connectivity index (χ0n) is 10.6. The maximum absolute atomic E-state index is 10.8. The Bertz CT molecular complexity index is 440. The van der Waals surface area contributed by atoms with Crippen molar-refractivity contribution in [3.8, 4) is 0 Å². The van der Waals surface area contributed by atoms with Crippen molar-refractivity contribution < 1.29 is 9.90 Å². The minimum absolute atomic E-state index is 0.239. The highest BCUT2D eigenvalue weighted by Gasteiger charge is 2.18. The maximum atomic E-state index is 10.8. The van der Waals surface area contributed by atoms with E-state index >= 15 is 0 Å². The summed E-state index contributed by atoms with van der Waals surface area (Å²) in [5, 5.41) is 8.90. The van der Waals surface area contributed by atoms with E-state index in [1.807, 2.05) is 0 Å². The minimum atomic E-state index is -0.941. The summed E-state index contributed by atoms with van der Waals surface area (Å²) in [5.41, 5.74) is 7.66. The number of nitrogen functional groups attached to an aromatic ring is 1. The fourth-order valence-corrected chi connectivity index (χ4v) is 2.28. The second-order valence-electron chi connectivity index (χ2n) is 4.50. The minimum Gasteiger partial charge on any atom is -0.478 e. The molecule has 0 aromatic heterocycles. The molecule has 5 heteroatoms. The average molecular weight is 249 g/mol. The van der Waals surface area contributed by atoms with Crippen LogP contribution in [0.3, 0.4) is 0 Å². The van der Waals surface area contributed by atoms with Gasteiger partial charge in [0.05, 0.1) is 16.9 Å². The van der Waals surface area contributed by atoms with Gasteiger partial charge in [0.15, 0.2) is 0 Å². The van der Waals surface area contributed by atoms with Crippen LogP contribution in [0.25, 0.3) is 0 Å². The molecule has 0 bridgehead atoms. The van der Waals surface area contributed by atoms with E-state index in [-0.39, 0.29) is 5.56 Å². The zero-order chi connectivity index (χ0) is 13.1. The standard InChI is InChI=1S/C13H19N3O2/c1-2-15-5-7-16(8-6-15)12-4-3-10(13(17)18)9-11(12)14/h3-4,9H,2,5-8,14H2,1H3,(H,17,18). The van der Waals surface area contributed by atoms with E-state index in [1.165, 1.54) is 6.07 Å². The molecule has 0 spiro atoms. The van der Waals surface area contributed by atoms with Gasteiger partial charge in [-0.25, -0.2) is 4.79 Å². The number of nitrogens with two attached hydrogens (primary N) is 1. The Labute approximate surface area is 107 Å². The van der Waals surface area contributed by atoms with Gasteiger partial charge >= 0.3 is 5.97 Å². The Morgan fingerprint density at radius 3 is 2.50 bits per heavy atom. The lowest BCUT2D eigenvalue weighted by Gasteiger charge is -2.36. The number of aromatic carboxylic acids is 1. The zero-order valence-corrected chi connectivity index (χ0v) is 10.6. The molecule has 0 saturated carbocycles. The highest BCUT2D eigenvalue weighted by atomic mass is 16.4. The summed E-state index contributed by atoms with van der Waals surface area (Å²) in [6.45, 7) is 7.15. The summed E-state index contributed by atoms with van der Waals surface area (Å²) in [5.74, 6) is -0.941. The molecule has 1 aromatic carbocycles. The number of likely N-dealkylation sites (N-methyl/N-ethyl adjacent to an activating group) is 1. The molecule has 1 fully saturated rings. The Kier molecular flexibility index (Phi) is 3.72. The molecule has 2 rings (SSSR count). The van der Waals surface area contributed by atoms with E-state index < -0.39 is 5.97 Å². The number of piperazine rings is 1. The predicted molar refractivity (Wildman–Crippen MR) is 72.1 cm³/mol. The van der Waals surface area contributed by atoms with Crippen molar-refractivity contribution in [3.05, 3.63) is 23.8 Å². The van der Waals surface area contributed by atoms with Gasteiger partial charge in [-0.2, -0.15) is 0 Å². The molecule has 1 saturated heterocycles. The number of rotatable bonds is 3. The van der Waals surface area contributed by atoms with Crippen molar-refractivity contribution in [1.82, 2.24) is 4.90 Å². The summed E-state index contributed by atoms with van der Waals surface area (Å²) in [4.78, 5) is 15.4. The molecular formula is C13H19N3O2. The van der Waals surface area contributed by atoms with E-state index in [0.29, 0.717) is 5.69 Å². The number of carboxylic acids is 1. The third kappa shape index (κ3) is 2.56. The molecule has 1 heterocycles. The number of carboxylic acid groups (broad SMARTS) is 1. The summed E-state index contributed by atoms with van der Waals surface area (Å²) in [6.07, 6.45) is 0. The van der Waals surface area contributed by atoms with Crippen molar-refractivity contribution in [2.24, 2.45) is 0 Å². The van der Waals surface area contributed by atoms with Gasteiger partial charge < -0.3 is 20.6 Å². The molecule has 5 nitrogen and oxygen atoms in total. The SMILES string of the molecule is CCN1CCN(c2ccc(C(=O)O)cc2N)CC1. The van der Waals surface area contributed by atoms with Crippen LogP contribution in [0.2, 0.25) is 0 Å². The third-order valence-corrected chi connectivity index (χ3v) is 3.43. The molecule has 0 aliphatic carbocycles. The third-order valence-electron chi connectivity index (χ3n) is 3.43. The van der Waals surface area contributed by atoms with Crippen LogP contribution in [0.15, 0.2) is 18.2 Å². The van der Waals surface area contributed by atoms with Crippen molar-refractivity contribution >= 4 is 17.3 Å². The van der Waals surface area contributed by atoms with Crippen LogP contribution in [0.5, 0.6) is 0 Å². The molecule has 1 aliphatic rings. The maximum Gasteiger partial charge on any atom is 0.335 e. The molecule has 0 radical (unpaired) electrons. The van der Waals surface area contributed by atoms with Gasteiger partial charge in [-0.05, 0) is 24.7 Å². The lowest BCUT2D eigenvalue weighted by atomic mass is 10.1. The van der Waals surface area contributed by atoms with E-state index in [4.69, 9.17) is 10.8 Å². The fourth-order valence-electron chi connectivity index (χ4n) is 2.28. The highest BCUT2D eigenvalue weighted by molar-refractivity contribution is 5.90. The largest absolute Gasteiger partial charge is 0.478 e. The highest BCUT2D eigenvalue weighted by Crippen LogP contribution is 2.25. The first kappa shape index (κ1) is 12.7. The van der Waals surface area contributed by atoms with Crippen LogP contribution in [0.1, 0.15) is 17.3 Å². The van der Waals surface area contributed by atoms with Crippen molar-refractivity contribution in [3.63, 3.8) is 0 Å². The number of hydrogen-bond donors (Lipinski definition) is 2. The second kappa shape index (κ2) is 5.27. The van der Waals surface area contributed by atoms with Crippen LogP contribution in [0.4, 0.5) is 11.4 Å². The van der Waals surface area contributed by atoms with E-state index in [1.54, 1.807) is 12.1 Å². The average Bonchev–Trinajstić information content (AvgIpc) is 2.38. The molecule has 0 unspecified atom stereocenters. The van der Waals surface area contributed by atoms with Crippen LogP contribution in [-0.2, 0) is 0 Å². The van der Waals surface area contributed by atoms with Crippen LogP contribution < -0.4 is 10.6 Å². The van der Waals surface area contributed by atoms with Crippen molar-refractivity contribution in [2.45, 2.75) is 6.92 Å². The fraction of sp³-hybridized carbons (Fsp3) is 0.462. The number of benzene rings is 1. The Balaban J connectivity index is 2.12. The first-order valence-electron chi connectivity index (χ1n) is 6.22. The van der Waals surface area contributed by atoms with Gasteiger partial charge in [0, 0.05) is 26.2 Å². The van der Waals surface area contributed by atoms with E-state index in [9.17, 15) is 4.79 Å². The van der Waals surface area contributed by atoms with Crippen molar-refractivity contribution in [2.75, 3.05) is 43.4 Å². The molecule has 0 amide bonds. The predicted octanol–water partition coefficient (Wildman–Crippen LogP) is 1.11. The van der Waals surface area contributed by atoms with Gasteiger partial charge in [0.1, 0.15) is 0 Å². The van der Waals surface area contributed by atoms with Gasteiger partial charge in [-0.1, -0.05) is 6.92 Å². The van der Waals surface area contributed by atoms with E-state index in [2.05, 4.69) is 16.7 Å². The second-order valence-corrected chi connectivity index (χ2v) is 4.50.